The Balaban J connectivity index is 2.50. The fourth-order valence-electron chi connectivity index (χ4n) is 2.91. The van der Waals surface area contributed by atoms with Gasteiger partial charge in [0.05, 0.1) is 6.61 Å². The minimum Gasteiger partial charge on any atom is -0.395 e. The lowest BCUT2D eigenvalue weighted by atomic mass is 9.83. The molecule has 0 amide bonds. The average molecular weight is 213 g/mol. The van der Waals surface area contributed by atoms with E-state index in [1.54, 1.807) is 0 Å². The minimum absolute atomic E-state index is 0.297. The summed E-state index contributed by atoms with van der Waals surface area (Å²) in [6, 6.07) is 1.29. The van der Waals surface area contributed by atoms with Crippen LogP contribution in [-0.2, 0) is 0 Å². The molecule has 0 aromatic rings. The van der Waals surface area contributed by atoms with Crippen molar-refractivity contribution in [2.75, 3.05) is 13.2 Å². The van der Waals surface area contributed by atoms with Crippen molar-refractivity contribution in [2.24, 2.45) is 5.92 Å². The van der Waals surface area contributed by atoms with Crippen molar-refractivity contribution in [3.05, 3.63) is 0 Å². The van der Waals surface area contributed by atoms with Gasteiger partial charge in [-0.05, 0) is 32.6 Å². The van der Waals surface area contributed by atoms with Crippen molar-refractivity contribution in [2.45, 2.75) is 65.0 Å². The van der Waals surface area contributed by atoms with Crippen LogP contribution in [0, 0.1) is 5.92 Å². The van der Waals surface area contributed by atoms with Gasteiger partial charge in [-0.2, -0.15) is 0 Å². The molecule has 1 saturated carbocycles. The van der Waals surface area contributed by atoms with Crippen LogP contribution >= 0.6 is 0 Å². The normalized spacial score (nSPS) is 27.6. The highest BCUT2D eigenvalue weighted by atomic mass is 16.3. The zero-order chi connectivity index (χ0) is 11.3. The highest BCUT2D eigenvalue weighted by molar-refractivity contribution is 4.81. The SMILES string of the molecule is CCC1CCCC(N(CCO)C(C)C)C1. The van der Waals surface area contributed by atoms with Crippen molar-refractivity contribution in [1.29, 1.82) is 0 Å². The Kier molecular flexibility index (Phi) is 5.62. The van der Waals surface area contributed by atoms with Gasteiger partial charge in [0.2, 0.25) is 0 Å². The number of aliphatic hydroxyl groups is 1. The predicted molar refractivity (Wildman–Crippen MR) is 65.0 cm³/mol. The third-order valence-electron chi connectivity index (χ3n) is 3.82. The summed E-state index contributed by atoms with van der Waals surface area (Å²) in [4.78, 5) is 2.49. The molecule has 0 saturated heterocycles. The zero-order valence-electron chi connectivity index (χ0n) is 10.6. The first-order valence-electron chi connectivity index (χ1n) is 6.55. The Morgan fingerprint density at radius 1 is 1.33 bits per heavy atom. The molecule has 2 unspecified atom stereocenters. The van der Waals surface area contributed by atoms with Crippen LogP contribution in [0.2, 0.25) is 0 Å². The van der Waals surface area contributed by atoms with Crippen molar-refractivity contribution in [3.63, 3.8) is 0 Å². The summed E-state index contributed by atoms with van der Waals surface area (Å²) in [6.45, 7) is 7.93. The van der Waals surface area contributed by atoms with Crippen molar-refractivity contribution in [3.8, 4) is 0 Å². The molecule has 1 fully saturated rings. The molecule has 0 heterocycles. The molecule has 0 spiro atoms. The maximum atomic E-state index is 9.10. The molecule has 2 nitrogen and oxygen atoms in total. The highest BCUT2D eigenvalue weighted by Crippen LogP contribution is 2.30. The number of aliphatic hydroxyl groups excluding tert-OH is 1. The van der Waals surface area contributed by atoms with Gasteiger partial charge in [0.1, 0.15) is 0 Å². The summed E-state index contributed by atoms with van der Waals surface area (Å²) in [5.74, 6) is 0.920. The fraction of sp³-hybridized carbons (Fsp3) is 1.00. The van der Waals surface area contributed by atoms with E-state index >= 15 is 0 Å². The van der Waals surface area contributed by atoms with Gasteiger partial charge in [0, 0.05) is 18.6 Å². The van der Waals surface area contributed by atoms with E-state index in [9.17, 15) is 0 Å². The summed E-state index contributed by atoms with van der Waals surface area (Å²) in [5.41, 5.74) is 0. The van der Waals surface area contributed by atoms with Gasteiger partial charge in [0.25, 0.3) is 0 Å². The van der Waals surface area contributed by atoms with E-state index in [1.807, 2.05) is 0 Å². The van der Waals surface area contributed by atoms with Crippen LogP contribution in [0.15, 0.2) is 0 Å². The largest absolute Gasteiger partial charge is 0.395 e. The quantitative estimate of drug-likeness (QED) is 0.759. The molecule has 1 aliphatic rings. The summed E-state index contributed by atoms with van der Waals surface area (Å²) >= 11 is 0. The highest BCUT2D eigenvalue weighted by Gasteiger charge is 2.26. The molecule has 15 heavy (non-hydrogen) atoms. The predicted octanol–water partition coefficient (Wildman–Crippen LogP) is 2.66. The van der Waals surface area contributed by atoms with Crippen LogP contribution in [0.5, 0.6) is 0 Å². The van der Waals surface area contributed by atoms with E-state index in [4.69, 9.17) is 5.11 Å². The molecule has 0 radical (unpaired) electrons. The van der Waals surface area contributed by atoms with Gasteiger partial charge in [-0.15, -0.1) is 0 Å². The average Bonchev–Trinajstić information content (AvgIpc) is 2.25. The monoisotopic (exact) mass is 213 g/mol. The lowest BCUT2D eigenvalue weighted by molar-refractivity contribution is 0.0780. The van der Waals surface area contributed by atoms with Gasteiger partial charge in [-0.1, -0.05) is 26.2 Å². The Labute approximate surface area is 94.7 Å². The van der Waals surface area contributed by atoms with Gasteiger partial charge < -0.3 is 5.11 Å². The van der Waals surface area contributed by atoms with E-state index in [0.29, 0.717) is 12.6 Å². The van der Waals surface area contributed by atoms with Gasteiger partial charge in [-0.3, -0.25) is 4.90 Å². The van der Waals surface area contributed by atoms with Crippen molar-refractivity contribution >= 4 is 0 Å². The van der Waals surface area contributed by atoms with Crippen molar-refractivity contribution < 1.29 is 5.11 Å². The molecule has 0 aromatic heterocycles. The van der Waals surface area contributed by atoms with E-state index in [0.717, 1.165) is 18.5 Å². The maximum Gasteiger partial charge on any atom is 0.0558 e. The van der Waals surface area contributed by atoms with Crippen LogP contribution in [0.25, 0.3) is 0 Å². The number of hydrogen-bond donors (Lipinski definition) is 1. The summed E-state index contributed by atoms with van der Waals surface area (Å²) in [7, 11) is 0. The van der Waals surface area contributed by atoms with Crippen LogP contribution < -0.4 is 0 Å². The Morgan fingerprint density at radius 2 is 2.07 bits per heavy atom. The van der Waals surface area contributed by atoms with Crippen LogP contribution in [-0.4, -0.2) is 35.2 Å². The molecule has 0 aliphatic heterocycles. The van der Waals surface area contributed by atoms with E-state index in [2.05, 4.69) is 25.7 Å². The Hall–Kier alpha value is -0.0800. The lowest BCUT2D eigenvalue weighted by Crippen LogP contribution is -2.44. The third kappa shape index (κ3) is 3.76. The molecule has 2 heteroatoms. The van der Waals surface area contributed by atoms with E-state index in [1.165, 1.54) is 32.1 Å². The van der Waals surface area contributed by atoms with Gasteiger partial charge in [0.15, 0.2) is 0 Å². The number of nitrogens with zero attached hydrogens (tertiary/aromatic N) is 1. The maximum absolute atomic E-state index is 9.10. The first-order chi connectivity index (χ1) is 7.19. The first-order valence-corrected chi connectivity index (χ1v) is 6.55. The molecule has 1 aliphatic carbocycles. The van der Waals surface area contributed by atoms with E-state index < -0.39 is 0 Å². The zero-order valence-corrected chi connectivity index (χ0v) is 10.6. The summed E-state index contributed by atoms with van der Waals surface area (Å²) in [5, 5.41) is 9.10. The summed E-state index contributed by atoms with van der Waals surface area (Å²) < 4.78 is 0. The van der Waals surface area contributed by atoms with Crippen molar-refractivity contribution in [1.82, 2.24) is 4.90 Å². The van der Waals surface area contributed by atoms with Gasteiger partial charge >= 0.3 is 0 Å². The molecule has 0 aromatic carbocycles. The topological polar surface area (TPSA) is 23.5 Å². The second-order valence-electron chi connectivity index (χ2n) is 5.15. The molecule has 0 bridgehead atoms. The second-order valence-corrected chi connectivity index (χ2v) is 5.15. The van der Waals surface area contributed by atoms with Crippen LogP contribution in [0.1, 0.15) is 52.9 Å². The molecular weight excluding hydrogens is 186 g/mol. The molecule has 2 atom stereocenters. The minimum atomic E-state index is 0.297. The summed E-state index contributed by atoms with van der Waals surface area (Å²) in [6.07, 6.45) is 6.78. The molecule has 90 valence electrons. The van der Waals surface area contributed by atoms with Crippen LogP contribution in [0.4, 0.5) is 0 Å². The molecular formula is C13H27NO. The van der Waals surface area contributed by atoms with Gasteiger partial charge in [-0.25, -0.2) is 0 Å². The smallest absolute Gasteiger partial charge is 0.0558 e. The van der Waals surface area contributed by atoms with E-state index in [-0.39, 0.29) is 0 Å². The fourth-order valence-corrected chi connectivity index (χ4v) is 2.91. The molecule has 1 N–H and O–H groups in total. The standard InChI is InChI=1S/C13H27NO/c1-4-12-6-5-7-13(10-12)14(8-9-15)11(2)3/h11-13,15H,4-10H2,1-3H3. The molecule has 1 rings (SSSR count). The number of rotatable bonds is 5. The first kappa shape index (κ1) is 13.0. The second kappa shape index (κ2) is 6.49. The third-order valence-corrected chi connectivity index (χ3v) is 3.82. The lowest BCUT2D eigenvalue weighted by Gasteiger charge is -2.39. The van der Waals surface area contributed by atoms with Crippen LogP contribution in [0.3, 0.4) is 0 Å². The Bertz CT molecular complexity index is 170. The Morgan fingerprint density at radius 3 is 2.60 bits per heavy atom. The number of hydrogen-bond acceptors (Lipinski definition) is 2.